The summed E-state index contributed by atoms with van der Waals surface area (Å²) in [6, 6.07) is 0.272. The number of methoxy groups -OCH3 is 1. The number of thiophene rings is 1. The van der Waals surface area contributed by atoms with Crippen molar-refractivity contribution in [1.82, 2.24) is 0 Å². The molecule has 1 aromatic rings. The van der Waals surface area contributed by atoms with Gasteiger partial charge in [0.2, 0.25) is 0 Å². The summed E-state index contributed by atoms with van der Waals surface area (Å²) in [5.74, 6) is -0.349. The summed E-state index contributed by atoms with van der Waals surface area (Å²) in [6.45, 7) is 2.14. The molecule has 5 nitrogen and oxygen atoms in total. The fourth-order valence-corrected chi connectivity index (χ4v) is 4.59. The predicted molar refractivity (Wildman–Crippen MR) is 88.5 cm³/mol. The largest absolute Gasteiger partial charge is 0.462 e. The lowest BCUT2D eigenvalue weighted by Crippen LogP contribution is -2.29. The number of hydrogen-bond donors (Lipinski definition) is 2. The van der Waals surface area contributed by atoms with Crippen molar-refractivity contribution in [3.8, 4) is 0 Å². The van der Waals surface area contributed by atoms with E-state index in [1.54, 1.807) is 25.8 Å². The second-order valence-corrected chi connectivity index (χ2v) is 6.72. The Bertz CT molecular complexity index is 505. The van der Waals surface area contributed by atoms with E-state index < -0.39 is 0 Å². The highest BCUT2D eigenvalue weighted by Crippen LogP contribution is 2.43. The fourth-order valence-electron chi connectivity index (χ4n) is 2.62. The number of thioether (sulfide) groups is 1. The lowest BCUT2D eigenvalue weighted by atomic mass is 10.2. The second kappa shape index (κ2) is 7.38. The highest BCUT2D eigenvalue weighted by Gasteiger charge is 2.29. The minimum Gasteiger partial charge on any atom is -0.462 e. The summed E-state index contributed by atoms with van der Waals surface area (Å²) in [5.41, 5.74) is 6.62. The van der Waals surface area contributed by atoms with Gasteiger partial charge in [-0.3, -0.25) is 0 Å². The summed E-state index contributed by atoms with van der Waals surface area (Å²) in [4.78, 5) is 13.4. The molecule has 0 saturated heterocycles. The molecule has 2 rings (SSSR count). The molecule has 2 unspecified atom stereocenters. The van der Waals surface area contributed by atoms with Crippen molar-refractivity contribution in [2.45, 2.75) is 43.2 Å². The van der Waals surface area contributed by atoms with Gasteiger partial charge in [0, 0.05) is 7.11 Å². The van der Waals surface area contributed by atoms with E-state index >= 15 is 0 Å². The SMILES string of the molecule is CCOC(=O)c1sc(NC2CCCC2OC)c(SC)c1N. The maximum absolute atomic E-state index is 12.0. The molecule has 1 fully saturated rings. The van der Waals surface area contributed by atoms with E-state index in [1.807, 2.05) is 6.26 Å². The highest BCUT2D eigenvalue weighted by molar-refractivity contribution is 7.99. The topological polar surface area (TPSA) is 73.6 Å². The molecular formula is C14H22N2O3S2. The van der Waals surface area contributed by atoms with E-state index in [9.17, 15) is 4.79 Å². The van der Waals surface area contributed by atoms with E-state index in [0.29, 0.717) is 17.2 Å². The third kappa shape index (κ3) is 3.46. The zero-order valence-corrected chi connectivity index (χ0v) is 14.2. The molecule has 0 amide bonds. The summed E-state index contributed by atoms with van der Waals surface area (Å²) in [6.07, 6.45) is 5.46. The van der Waals surface area contributed by atoms with Gasteiger partial charge in [-0.05, 0) is 32.4 Å². The van der Waals surface area contributed by atoms with E-state index in [4.69, 9.17) is 15.2 Å². The number of anilines is 2. The number of ether oxygens (including phenoxy) is 2. The van der Waals surface area contributed by atoms with Crippen molar-refractivity contribution in [2.24, 2.45) is 0 Å². The van der Waals surface area contributed by atoms with Gasteiger partial charge in [0.1, 0.15) is 9.88 Å². The molecule has 1 heterocycles. The molecule has 0 bridgehead atoms. The molecule has 2 atom stereocenters. The number of nitrogens with one attached hydrogen (secondary N) is 1. The highest BCUT2D eigenvalue weighted by atomic mass is 32.2. The maximum Gasteiger partial charge on any atom is 0.350 e. The predicted octanol–water partition coefficient (Wildman–Crippen LogP) is 3.21. The summed E-state index contributed by atoms with van der Waals surface area (Å²) < 4.78 is 10.6. The molecule has 1 saturated carbocycles. The van der Waals surface area contributed by atoms with Crippen molar-refractivity contribution in [2.75, 3.05) is 31.0 Å². The molecule has 1 aromatic heterocycles. The normalized spacial score (nSPS) is 21.5. The van der Waals surface area contributed by atoms with Gasteiger partial charge in [-0.25, -0.2) is 4.79 Å². The average molecular weight is 330 g/mol. The number of carbonyl (C=O) groups excluding carboxylic acids is 1. The Hall–Kier alpha value is -0.920. The maximum atomic E-state index is 12.0. The van der Waals surface area contributed by atoms with Crippen LogP contribution in [0.1, 0.15) is 35.9 Å². The van der Waals surface area contributed by atoms with Gasteiger partial charge in [-0.1, -0.05) is 0 Å². The van der Waals surface area contributed by atoms with Crippen molar-refractivity contribution in [3.05, 3.63) is 4.88 Å². The van der Waals surface area contributed by atoms with Gasteiger partial charge < -0.3 is 20.5 Å². The number of carbonyl (C=O) groups is 1. The Morgan fingerprint density at radius 1 is 1.52 bits per heavy atom. The first-order valence-electron chi connectivity index (χ1n) is 7.05. The molecule has 3 N–H and O–H groups in total. The van der Waals surface area contributed by atoms with Crippen LogP contribution in [0.25, 0.3) is 0 Å². The summed E-state index contributed by atoms with van der Waals surface area (Å²) >= 11 is 2.92. The van der Waals surface area contributed by atoms with Crippen LogP contribution in [-0.2, 0) is 9.47 Å². The monoisotopic (exact) mass is 330 g/mol. The van der Waals surface area contributed by atoms with Crippen LogP contribution in [0.4, 0.5) is 10.7 Å². The van der Waals surface area contributed by atoms with Crippen molar-refractivity contribution < 1.29 is 14.3 Å². The van der Waals surface area contributed by atoms with Gasteiger partial charge in [-0.2, -0.15) is 0 Å². The lowest BCUT2D eigenvalue weighted by Gasteiger charge is -2.20. The smallest absolute Gasteiger partial charge is 0.350 e. The van der Waals surface area contributed by atoms with Crippen LogP contribution in [0.15, 0.2) is 4.90 Å². The molecule has 118 valence electrons. The summed E-state index contributed by atoms with van der Waals surface area (Å²) in [7, 11) is 1.74. The zero-order chi connectivity index (χ0) is 15.4. The number of esters is 1. The van der Waals surface area contributed by atoms with Crippen molar-refractivity contribution in [1.29, 1.82) is 0 Å². The first-order chi connectivity index (χ1) is 10.1. The van der Waals surface area contributed by atoms with E-state index in [-0.39, 0.29) is 18.1 Å². The Morgan fingerprint density at radius 3 is 2.90 bits per heavy atom. The van der Waals surface area contributed by atoms with Gasteiger partial charge in [0.25, 0.3) is 0 Å². The van der Waals surface area contributed by atoms with E-state index in [0.717, 1.165) is 29.2 Å². The Kier molecular flexibility index (Phi) is 5.78. The van der Waals surface area contributed by atoms with Gasteiger partial charge in [0.05, 0.1) is 29.3 Å². The molecule has 0 aliphatic heterocycles. The minimum absolute atomic E-state index is 0.217. The second-order valence-electron chi connectivity index (χ2n) is 4.88. The number of nitrogen functional groups attached to an aromatic ring is 1. The van der Waals surface area contributed by atoms with Gasteiger partial charge in [-0.15, -0.1) is 23.1 Å². The number of rotatable bonds is 6. The molecule has 21 heavy (non-hydrogen) atoms. The van der Waals surface area contributed by atoms with Crippen LogP contribution in [0, 0.1) is 0 Å². The summed E-state index contributed by atoms with van der Waals surface area (Å²) in [5, 5.41) is 4.45. The number of hydrogen-bond acceptors (Lipinski definition) is 7. The Morgan fingerprint density at radius 2 is 2.29 bits per heavy atom. The molecule has 0 spiro atoms. The van der Waals surface area contributed by atoms with Crippen molar-refractivity contribution >= 4 is 39.8 Å². The van der Waals surface area contributed by atoms with Gasteiger partial charge >= 0.3 is 5.97 Å². The van der Waals surface area contributed by atoms with Crippen LogP contribution in [0.2, 0.25) is 0 Å². The Balaban J connectivity index is 2.22. The van der Waals surface area contributed by atoms with Crippen LogP contribution in [0.5, 0.6) is 0 Å². The standard InChI is InChI=1S/C14H22N2O3S2/c1-4-19-14(17)12-10(15)11(20-3)13(21-12)16-8-6-5-7-9(8)18-2/h8-9,16H,4-7,15H2,1-3H3. The van der Waals surface area contributed by atoms with Crippen LogP contribution < -0.4 is 11.1 Å². The fraction of sp³-hybridized carbons (Fsp3) is 0.643. The van der Waals surface area contributed by atoms with Gasteiger partial charge in [0.15, 0.2) is 0 Å². The van der Waals surface area contributed by atoms with E-state index in [2.05, 4.69) is 5.32 Å². The molecular weight excluding hydrogens is 308 g/mol. The van der Waals surface area contributed by atoms with Crippen LogP contribution >= 0.6 is 23.1 Å². The number of nitrogens with two attached hydrogens (primary N) is 1. The Labute approximate surface area is 133 Å². The lowest BCUT2D eigenvalue weighted by molar-refractivity contribution is 0.0533. The molecule has 0 aromatic carbocycles. The van der Waals surface area contributed by atoms with E-state index in [1.165, 1.54) is 11.3 Å². The van der Waals surface area contributed by atoms with Crippen LogP contribution in [0.3, 0.4) is 0 Å². The quantitative estimate of drug-likeness (QED) is 0.616. The first-order valence-corrected chi connectivity index (χ1v) is 9.09. The zero-order valence-electron chi connectivity index (χ0n) is 12.6. The molecule has 1 aliphatic carbocycles. The third-order valence-corrected chi connectivity index (χ3v) is 5.71. The first kappa shape index (κ1) is 16.5. The molecule has 1 aliphatic rings. The van der Waals surface area contributed by atoms with Crippen molar-refractivity contribution in [3.63, 3.8) is 0 Å². The average Bonchev–Trinajstić information content (AvgIpc) is 3.04. The minimum atomic E-state index is -0.349. The van der Waals surface area contributed by atoms with Crippen LogP contribution in [-0.4, -0.2) is 38.1 Å². The molecule has 0 radical (unpaired) electrons. The molecule has 7 heteroatoms. The third-order valence-electron chi connectivity index (χ3n) is 3.64.